The molecule has 1 aromatic carbocycles. The van der Waals surface area contributed by atoms with Crippen molar-refractivity contribution in [3.05, 3.63) is 30.1 Å². The van der Waals surface area contributed by atoms with E-state index in [1.165, 1.54) is 12.1 Å². The number of hydrogen-bond acceptors (Lipinski definition) is 3. The highest BCUT2D eigenvalue weighted by Gasteiger charge is 2.29. The Labute approximate surface area is 136 Å². The largest absolute Gasteiger partial charge is 0.341 e. The number of carbonyl (C=O) groups excluding carboxylic acids is 1. The number of hydrogen-bond donors (Lipinski definition) is 1. The van der Waals surface area contributed by atoms with E-state index in [1.54, 1.807) is 11.8 Å². The Balaban J connectivity index is 2.08. The summed E-state index contributed by atoms with van der Waals surface area (Å²) in [5.74, 6) is -0.102. The minimum Gasteiger partial charge on any atom is -0.341 e. The first-order chi connectivity index (χ1) is 10.8. The second-order valence-electron chi connectivity index (χ2n) is 6.04. The number of carbonyl (C=O) groups is 1. The van der Waals surface area contributed by atoms with Crippen LogP contribution in [0.1, 0.15) is 33.1 Å². The summed E-state index contributed by atoms with van der Waals surface area (Å²) in [7, 11) is -3.85. The first-order valence-electron chi connectivity index (χ1n) is 7.90. The van der Waals surface area contributed by atoms with E-state index in [1.807, 2.05) is 0 Å². The van der Waals surface area contributed by atoms with E-state index in [0.717, 1.165) is 25.0 Å². The van der Waals surface area contributed by atoms with E-state index in [9.17, 15) is 17.6 Å². The van der Waals surface area contributed by atoms with Crippen LogP contribution in [0.3, 0.4) is 0 Å². The highest BCUT2D eigenvalue weighted by molar-refractivity contribution is 7.89. The molecule has 1 aromatic rings. The molecule has 1 N–H and O–H groups in total. The number of nitrogens with zero attached hydrogens (tertiary/aromatic N) is 1. The molecule has 2 rings (SSSR count). The zero-order valence-electron chi connectivity index (χ0n) is 13.5. The number of rotatable bonds is 5. The van der Waals surface area contributed by atoms with Crippen LogP contribution in [0.15, 0.2) is 29.2 Å². The van der Waals surface area contributed by atoms with E-state index < -0.39 is 21.9 Å². The molecule has 5 nitrogen and oxygen atoms in total. The van der Waals surface area contributed by atoms with Crippen LogP contribution < -0.4 is 4.72 Å². The predicted molar refractivity (Wildman–Crippen MR) is 85.8 cm³/mol. The lowest BCUT2D eigenvalue weighted by molar-refractivity contribution is -0.134. The Bertz CT molecular complexity index is 638. The third-order valence-corrected chi connectivity index (χ3v) is 5.71. The average Bonchev–Trinajstić information content (AvgIpc) is 2.53. The molecule has 0 radical (unpaired) electrons. The SMILES string of the molecule is CCC(NS(=O)(=O)c1ccc(F)cc1)C(=O)N1CCC(C)CC1. The molecule has 0 aliphatic carbocycles. The van der Waals surface area contributed by atoms with Crippen molar-refractivity contribution in [3.8, 4) is 0 Å². The van der Waals surface area contributed by atoms with Gasteiger partial charge >= 0.3 is 0 Å². The fourth-order valence-electron chi connectivity index (χ4n) is 2.63. The Morgan fingerprint density at radius 2 is 1.87 bits per heavy atom. The molecule has 7 heteroatoms. The molecule has 0 spiro atoms. The lowest BCUT2D eigenvalue weighted by Crippen LogP contribution is -2.50. The van der Waals surface area contributed by atoms with Gasteiger partial charge in [0.15, 0.2) is 0 Å². The highest BCUT2D eigenvalue weighted by atomic mass is 32.2. The van der Waals surface area contributed by atoms with Gasteiger partial charge < -0.3 is 4.90 Å². The van der Waals surface area contributed by atoms with E-state index in [-0.39, 0.29) is 10.8 Å². The molecule has 1 amide bonds. The summed E-state index contributed by atoms with van der Waals surface area (Å²) >= 11 is 0. The van der Waals surface area contributed by atoms with E-state index in [4.69, 9.17) is 0 Å². The smallest absolute Gasteiger partial charge is 0.241 e. The van der Waals surface area contributed by atoms with Crippen molar-refractivity contribution < 1.29 is 17.6 Å². The van der Waals surface area contributed by atoms with Crippen molar-refractivity contribution in [2.24, 2.45) is 5.92 Å². The topological polar surface area (TPSA) is 66.5 Å². The second kappa shape index (κ2) is 7.40. The molecule has 0 saturated carbocycles. The number of amides is 1. The predicted octanol–water partition coefficient (Wildman–Crippen LogP) is 2.14. The molecule has 1 aliphatic heterocycles. The lowest BCUT2D eigenvalue weighted by Gasteiger charge is -2.33. The summed E-state index contributed by atoms with van der Waals surface area (Å²) in [6.07, 6.45) is 2.24. The van der Waals surface area contributed by atoms with Crippen molar-refractivity contribution in [2.75, 3.05) is 13.1 Å². The number of piperidine rings is 1. The monoisotopic (exact) mass is 342 g/mol. The summed E-state index contributed by atoms with van der Waals surface area (Å²) < 4.78 is 40.1. The molecule has 0 aromatic heterocycles. The minimum absolute atomic E-state index is 0.0441. The van der Waals surface area contributed by atoms with Crippen LogP contribution in [0.25, 0.3) is 0 Å². The average molecular weight is 342 g/mol. The van der Waals surface area contributed by atoms with Gasteiger partial charge in [-0.1, -0.05) is 13.8 Å². The standard InChI is InChI=1S/C16H23FN2O3S/c1-3-15(16(20)19-10-8-12(2)9-11-19)18-23(21,22)14-6-4-13(17)5-7-14/h4-7,12,15,18H,3,8-11H2,1-2H3. The quantitative estimate of drug-likeness (QED) is 0.891. The van der Waals surface area contributed by atoms with Gasteiger partial charge in [-0.05, 0) is 49.4 Å². The molecular formula is C16H23FN2O3S. The van der Waals surface area contributed by atoms with Gasteiger partial charge in [0.05, 0.1) is 4.90 Å². The van der Waals surface area contributed by atoms with Gasteiger partial charge in [0.2, 0.25) is 15.9 Å². The number of benzene rings is 1. The molecule has 128 valence electrons. The summed E-state index contributed by atoms with van der Waals surface area (Å²) in [6.45, 7) is 5.24. The van der Waals surface area contributed by atoms with Gasteiger partial charge in [0, 0.05) is 13.1 Å². The molecule has 1 unspecified atom stereocenters. The summed E-state index contributed by atoms with van der Waals surface area (Å²) in [5, 5.41) is 0. The maximum atomic E-state index is 12.9. The lowest BCUT2D eigenvalue weighted by atomic mass is 9.98. The third-order valence-electron chi connectivity index (χ3n) is 4.22. The molecule has 1 aliphatic rings. The van der Waals surface area contributed by atoms with Gasteiger partial charge in [0.25, 0.3) is 0 Å². The molecule has 0 bridgehead atoms. The fourth-order valence-corrected chi connectivity index (χ4v) is 3.90. The van der Waals surface area contributed by atoms with Crippen molar-refractivity contribution in [3.63, 3.8) is 0 Å². The third kappa shape index (κ3) is 4.51. The van der Waals surface area contributed by atoms with Gasteiger partial charge in [-0.25, -0.2) is 12.8 Å². The van der Waals surface area contributed by atoms with E-state index in [2.05, 4.69) is 11.6 Å². The number of sulfonamides is 1. The van der Waals surface area contributed by atoms with E-state index in [0.29, 0.717) is 25.4 Å². The van der Waals surface area contributed by atoms with Gasteiger partial charge in [-0.2, -0.15) is 4.72 Å². The van der Waals surface area contributed by atoms with Crippen molar-refractivity contribution in [1.82, 2.24) is 9.62 Å². The van der Waals surface area contributed by atoms with Crippen molar-refractivity contribution >= 4 is 15.9 Å². The van der Waals surface area contributed by atoms with Gasteiger partial charge in [-0.3, -0.25) is 4.79 Å². The maximum Gasteiger partial charge on any atom is 0.241 e. The summed E-state index contributed by atoms with van der Waals surface area (Å²) in [6, 6.07) is 3.76. The van der Waals surface area contributed by atoms with E-state index >= 15 is 0 Å². The highest BCUT2D eigenvalue weighted by Crippen LogP contribution is 2.18. The van der Waals surface area contributed by atoms with Crippen molar-refractivity contribution in [1.29, 1.82) is 0 Å². The van der Waals surface area contributed by atoms with Crippen LogP contribution in [0.2, 0.25) is 0 Å². The van der Waals surface area contributed by atoms with Crippen LogP contribution >= 0.6 is 0 Å². The fraction of sp³-hybridized carbons (Fsp3) is 0.562. The van der Waals surface area contributed by atoms with Crippen LogP contribution in [0.5, 0.6) is 0 Å². The molecule has 1 saturated heterocycles. The first kappa shape index (κ1) is 17.9. The molecular weight excluding hydrogens is 319 g/mol. The Morgan fingerprint density at radius 1 is 1.30 bits per heavy atom. The maximum absolute atomic E-state index is 12.9. The first-order valence-corrected chi connectivity index (χ1v) is 9.38. The Morgan fingerprint density at radius 3 is 2.39 bits per heavy atom. The normalized spacial score (nSPS) is 18.0. The van der Waals surface area contributed by atoms with Gasteiger partial charge in [0.1, 0.15) is 11.9 Å². The molecule has 1 fully saturated rings. The molecule has 1 heterocycles. The van der Waals surface area contributed by atoms with Crippen LogP contribution in [-0.2, 0) is 14.8 Å². The molecule has 1 atom stereocenters. The zero-order valence-corrected chi connectivity index (χ0v) is 14.3. The van der Waals surface area contributed by atoms with Crippen LogP contribution in [-0.4, -0.2) is 38.4 Å². The van der Waals surface area contributed by atoms with Crippen LogP contribution in [0.4, 0.5) is 4.39 Å². The zero-order chi connectivity index (χ0) is 17.0. The number of nitrogens with one attached hydrogen (secondary N) is 1. The second-order valence-corrected chi connectivity index (χ2v) is 7.76. The minimum atomic E-state index is -3.85. The van der Waals surface area contributed by atoms with Crippen LogP contribution in [0, 0.1) is 11.7 Å². The van der Waals surface area contributed by atoms with Gasteiger partial charge in [-0.15, -0.1) is 0 Å². The number of likely N-dealkylation sites (tertiary alicyclic amines) is 1. The number of halogens is 1. The molecule has 23 heavy (non-hydrogen) atoms. The summed E-state index contributed by atoms with van der Waals surface area (Å²) in [4.78, 5) is 14.2. The van der Waals surface area contributed by atoms with Crippen molar-refractivity contribution in [2.45, 2.75) is 44.0 Å². The Kier molecular flexibility index (Phi) is 5.75. The Hall–Kier alpha value is -1.47. The summed E-state index contributed by atoms with van der Waals surface area (Å²) in [5.41, 5.74) is 0.